The number of carbonyl (C=O) groups excluding carboxylic acids is 1. The van der Waals surface area contributed by atoms with Gasteiger partial charge in [-0.05, 0) is 0 Å². The second-order valence-corrected chi connectivity index (χ2v) is 14.8. The normalized spacial score (nSPS) is 12.8. The third-order valence-electron chi connectivity index (χ3n) is 4.39. The van der Waals surface area contributed by atoms with Crippen LogP contribution in [0.4, 0.5) is 0 Å². The fraction of sp³-hybridized carbons (Fsp3) is 0.0952. The van der Waals surface area contributed by atoms with Crippen LogP contribution in [0.25, 0.3) is 0 Å². The van der Waals surface area contributed by atoms with Gasteiger partial charge in [0.15, 0.2) is 0 Å². The van der Waals surface area contributed by atoms with Gasteiger partial charge in [0.05, 0.1) is 0 Å². The minimum absolute atomic E-state index is 0.277. The van der Waals surface area contributed by atoms with E-state index >= 15 is 0 Å². The number of hydrogen-bond donors (Lipinski definition) is 0. The summed E-state index contributed by atoms with van der Waals surface area (Å²) in [6.45, 7) is 1.45. The first kappa shape index (κ1) is 17.8. The van der Waals surface area contributed by atoms with Crippen LogP contribution in [0, 0.1) is 0 Å². The standard InChI is InChI=1S/C21H20BrO2P/c1-18(23)24-17-25(22,19-11-5-2-6-12-19,20-13-7-3-8-14-20)21-15-9-4-10-16-21/h2-16H,17H2,1H3. The summed E-state index contributed by atoms with van der Waals surface area (Å²) >= 11 is 4.20. The summed E-state index contributed by atoms with van der Waals surface area (Å²) in [5.41, 5.74) is 0. The number of carbonyl (C=O) groups is 1. The van der Waals surface area contributed by atoms with Crippen LogP contribution < -0.4 is 15.9 Å². The van der Waals surface area contributed by atoms with Crippen molar-refractivity contribution in [2.75, 3.05) is 6.35 Å². The molecule has 0 amide bonds. The topological polar surface area (TPSA) is 26.3 Å². The van der Waals surface area contributed by atoms with Crippen LogP contribution in [0.15, 0.2) is 91.0 Å². The van der Waals surface area contributed by atoms with E-state index in [1.54, 1.807) is 0 Å². The molecule has 0 radical (unpaired) electrons. The van der Waals surface area contributed by atoms with Crippen molar-refractivity contribution < 1.29 is 9.53 Å². The van der Waals surface area contributed by atoms with Crippen LogP contribution in [0.5, 0.6) is 0 Å². The van der Waals surface area contributed by atoms with Gasteiger partial charge < -0.3 is 0 Å². The second kappa shape index (κ2) is 7.11. The van der Waals surface area contributed by atoms with E-state index in [4.69, 9.17) is 4.74 Å². The third-order valence-corrected chi connectivity index (χ3v) is 13.4. The van der Waals surface area contributed by atoms with E-state index in [-0.39, 0.29) is 12.3 Å². The quantitative estimate of drug-likeness (QED) is 0.458. The maximum atomic E-state index is 11.7. The molecule has 0 aliphatic heterocycles. The van der Waals surface area contributed by atoms with Crippen molar-refractivity contribution >= 4 is 42.7 Å². The molecule has 0 bridgehead atoms. The zero-order valence-corrected chi connectivity index (χ0v) is 16.5. The second-order valence-electron chi connectivity index (χ2n) is 5.95. The first-order chi connectivity index (χ1) is 12.1. The van der Waals surface area contributed by atoms with Crippen molar-refractivity contribution in [3.05, 3.63) is 91.0 Å². The predicted octanol–water partition coefficient (Wildman–Crippen LogP) is 4.35. The Kier molecular flexibility index (Phi) is 5.08. The molecule has 0 aliphatic rings. The van der Waals surface area contributed by atoms with E-state index in [1.807, 2.05) is 54.6 Å². The Morgan fingerprint density at radius 3 is 1.36 bits per heavy atom. The molecule has 3 rings (SSSR count). The van der Waals surface area contributed by atoms with Crippen molar-refractivity contribution in [1.29, 1.82) is 0 Å². The molecule has 0 saturated carbocycles. The van der Waals surface area contributed by atoms with Crippen LogP contribution in [0.2, 0.25) is 0 Å². The van der Waals surface area contributed by atoms with Crippen LogP contribution >= 0.6 is 20.8 Å². The number of hydrogen-bond acceptors (Lipinski definition) is 2. The summed E-state index contributed by atoms with van der Waals surface area (Å²) in [7, 11) is 0. The molecule has 0 aromatic heterocycles. The number of benzene rings is 3. The van der Waals surface area contributed by atoms with Gasteiger partial charge in [-0.3, -0.25) is 0 Å². The van der Waals surface area contributed by atoms with Gasteiger partial charge in [0, 0.05) is 0 Å². The van der Waals surface area contributed by atoms with Crippen LogP contribution in [0.3, 0.4) is 0 Å². The molecule has 3 aromatic carbocycles. The van der Waals surface area contributed by atoms with Crippen LogP contribution in [0.1, 0.15) is 6.92 Å². The van der Waals surface area contributed by atoms with Gasteiger partial charge in [-0.25, -0.2) is 0 Å². The predicted molar refractivity (Wildman–Crippen MR) is 111 cm³/mol. The Labute approximate surface area is 156 Å². The van der Waals surface area contributed by atoms with Gasteiger partial charge in [-0.1, -0.05) is 0 Å². The zero-order valence-electron chi connectivity index (χ0n) is 14.0. The zero-order chi connectivity index (χ0) is 17.8. The molecule has 128 valence electrons. The van der Waals surface area contributed by atoms with E-state index in [9.17, 15) is 4.79 Å². The Hall–Kier alpha value is -1.96. The van der Waals surface area contributed by atoms with Crippen LogP contribution in [-0.2, 0) is 9.53 Å². The SMILES string of the molecule is CC(=O)OCP(Br)(c1ccccc1)(c1ccccc1)c1ccccc1. The summed E-state index contributed by atoms with van der Waals surface area (Å²) in [6.07, 6.45) is 0.277. The molecular weight excluding hydrogens is 395 g/mol. The molecular formula is C21H20BrO2P. The summed E-state index contributed by atoms with van der Waals surface area (Å²) < 4.78 is 5.65. The molecule has 0 saturated heterocycles. The fourth-order valence-corrected chi connectivity index (χ4v) is 9.68. The molecule has 0 fully saturated rings. The van der Waals surface area contributed by atoms with Gasteiger partial charge in [0.2, 0.25) is 0 Å². The van der Waals surface area contributed by atoms with Gasteiger partial charge in [-0.15, -0.1) is 0 Å². The Bertz CT molecular complexity index is 751. The van der Waals surface area contributed by atoms with E-state index in [2.05, 4.69) is 51.9 Å². The molecule has 3 aromatic rings. The number of halogens is 1. The van der Waals surface area contributed by atoms with E-state index < -0.39 is 5.31 Å². The Balaban J connectivity index is 2.38. The average molecular weight is 415 g/mol. The van der Waals surface area contributed by atoms with E-state index in [1.165, 1.54) is 6.92 Å². The molecule has 0 unspecified atom stereocenters. The molecule has 0 heterocycles. The van der Waals surface area contributed by atoms with Crippen molar-refractivity contribution in [3.63, 3.8) is 0 Å². The van der Waals surface area contributed by atoms with Gasteiger partial charge in [0.25, 0.3) is 0 Å². The monoisotopic (exact) mass is 414 g/mol. The van der Waals surface area contributed by atoms with Crippen LogP contribution in [-0.4, -0.2) is 12.3 Å². The third kappa shape index (κ3) is 3.15. The van der Waals surface area contributed by atoms with Crippen molar-refractivity contribution in [3.8, 4) is 0 Å². The van der Waals surface area contributed by atoms with Gasteiger partial charge in [-0.2, -0.15) is 0 Å². The number of ether oxygens (including phenoxy) is 1. The summed E-state index contributed by atoms with van der Waals surface area (Å²) in [5.74, 6) is -0.281. The average Bonchev–Trinajstić information content (AvgIpc) is 2.68. The van der Waals surface area contributed by atoms with Crippen molar-refractivity contribution in [2.24, 2.45) is 0 Å². The molecule has 0 aliphatic carbocycles. The minimum atomic E-state index is -3.13. The summed E-state index contributed by atoms with van der Waals surface area (Å²) in [5, 5.41) is 0.268. The Morgan fingerprint density at radius 1 is 0.760 bits per heavy atom. The number of esters is 1. The summed E-state index contributed by atoms with van der Waals surface area (Å²) in [6, 6.07) is 30.8. The number of rotatable bonds is 5. The first-order valence-corrected chi connectivity index (χ1v) is 12.5. The molecule has 2 nitrogen and oxygen atoms in total. The maximum absolute atomic E-state index is 11.7. The molecule has 0 atom stereocenters. The first-order valence-electron chi connectivity index (χ1n) is 8.09. The molecule has 4 heteroatoms. The Morgan fingerprint density at radius 2 is 1.08 bits per heavy atom. The summed E-state index contributed by atoms with van der Waals surface area (Å²) in [4.78, 5) is 11.7. The van der Waals surface area contributed by atoms with E-state index in [0.29, 0.717) is 0 Å². The van der Waals surface area contributed by atoms with Gasteiger partial charge in [0.1, 0.15) is 0 Å². The van der Waals surface area contributed by atoms with Crippen molar-refractivity contribution in [1.82, 2.24) is 0 Å². The fourth-order valence-electron chi connectivity index (χ4n) is 3.10. The van der Waals surface area contributed by atoms with Crippen molar-refractivity contribution in [2.45, 2.75) is 6.92 Å². The molecule has 0 N–H and O–H groups in total. The van der Waals surface area contributed by atoms with Gasteiger partial charge >= 0.3 is 156 Å². The van der Waals surface area contributed by atoms with E-state index in [0.717, 1.165) is 15.9 Å². The molecule has 25 heavy (non-hydrogen) atoms. The molecule has 0 spiro atoms.